The molecule has 2 unspecified atom stereocenters. The first-order chi connectivity index (χ1) is 22.8. The van der Waals surface area contributed by atoms with E-state index >= 15 is 0 Å². The summed E-state index contributed by atoms with van der Waals surface area (Å²) in [6.07, 6.45) is 10.2. The molecule has 11 rings (SSSR count). The average molecular weight is 589 g/mol. The molecule has 0 bridgehead atoms. The lowest BCUT2D eigenvalue weighted by atomic mass is 9.91. The van der Waals surface area contributed by atoms with Crippen molar-refractivity contribution in [1.82, 2.24) is 4.57 Å². The first-order valence-corrected chi connectivity index (χ1v) is 16.1. The van der Waals surface area contributed by atoms with Gasteiger partial charge in [0.05, 0.1) is 17.1 Å². The van der Waals surface area contributed by atoms with Crippen LogP contribution in [0.15, 0.2) is 150 Å². The third-order valence-corrected chi connectivity index (χ3v) is 10.5. The Labute approximate surface area is 265 Å². The standard InChI is InChI=1S/C43H28N2O/c1-2-10-30-26(9-1)21-27-17-18-28(22-34(27)30)44-38-14-6-3-11-31(38)35-25-41-36(24-40(35)44)32-12-4-7-15-39(32)45(41)29-19-20-43-37(23-29)33-13-5-8-16-42(33)46-43/h1-20,22-25,31,38H,21H2. The first-order valence-electron chi connectivity index (χ1n) is 16.1. The summed E-state index contributed by atoms with van der Waals surface area (Å²) in [5.74, 6) is 0.275. The Balaban J connectivity index is 1.15. The molecule has 2 aromatic heterocycles. The van der Waals surface area contributed by atoms with Crippen LogP contribution in [0.4, 0.5) is 11.4 Å². The number of nitrogens with zero attached hydrogens (tertiary/aromatic N) is 2. The molecule has 8 aromatic rings. The summed E-state index contributed by atoms with van der Waals surface area (Å²) >= 11 is 0. The van der Waals surface area contributed by atoms with Gasteiger partial charge in [0.15, 0.2) is 0 Å². The summed E-state index contributed by atoms with van der Waals surface area (Å²) in [6.45, 7) is 0. The Morgan fingerprint density at radius 3 is 2.30 bits per heavy atom. The Morgan fingerprint density at radius 1 is 0.543 bits per heavy atom. The molecule has 3 heteroatoms. The molecule has 3 nitrogen and oxygen atoms in total. The van der Waals surface area contributed by atoms with Crippen molar-refractivity contribution < 1.29 is 4.42 Å². The lowest BCUT2D eigenvalue weighted by Crippen LogP contribution is -2.28. The number of allylic oxidation sites excluding steroid dienone is 2. The van der Waals surface area contributed by atoms with Gasteiger partial charge >= 0.3 is 0 Å². The van der Waals surface area contributed by atoms with E-state index in [1.54, 1.807) is 0 Å². The van der Waals surface area contributed by atoms with Crippen molar-refractivity contribution in [3.05, 3.63) is 162 Å². The van der Waals surface area contributed by atoms with E-state index in [1.165, 1.54) is 61.0 Å². The molecule has 6 aromatic carbocycles. The topological polar surface area (TPSA) is 21.3 Å². The fraction of sp³-hybridized carbons (Fsp3) is 0.0698. The lowest BCUT2D eigenvalue weighted by Gasteiger charge is -2.29. The number of fused-ring (bicyclic) bond motifs is 12. The number of benzene rings is 6. The molecule has 0 radical (unpaired) electrons. The number of furan rings is 1. The molecule has 3 heterocycles. The second-order valence-corrected chi connectivity index (χ2v) is 12.9. The fourth-order valence-corrected chi connectivity index (χ4v) is 8.49. The van der Waals surface area contributed by atoms with Crippen LogP contribution in [0.3, 0.4) is 0 Å². The van der Waals surface area contributed by atoms with Crippen LogP contribution in [-0.4, -0.2) is 10.6 Å². The molecule has 0 N–H and O–H groups in total. The molecular formula is C43H28N2O. The number of hydrogen-bond acceptors (Lipinski definition) is 2. The Kier molecular flexibility index (Phi) is 4.74. The van der Waals surface area contributed by atoms with Crippen LogP contribution in [0.25, 0.3) is 60.6 Å². The van der Waals surface area contributed by atoms with E-state index in [9.17, 15) is 0 Å². The number of hydrogen-bond donors (Lipinski definition) is 0. The highest BCUT2D eigenvalue weighted by molar-refractivity contribution is 6.12. The molecule has 0 spiro atoms. The van der Waals surface area contributed by atoms with Crippen molar-refractivity contribution in [2.24, 2.45) is 0 Å². The number of rotatable bonds is 2. The molecule has 216 valence electrons. The van der Waals surface area contributed by atoms with Gasteiger partial charge in [-0.2, -0.15) is 0 Å². The molecule has 0 amide bonds. The van der Waals surface area contributed by atoms with E-state index in [-0.39, 0.29) is 12.0 Å². The number of anilines is 2. The zero-order valence-electron chi connectivity index (χ0n) is 25.0. The van der Waals surface area contributed by atoms with E-state index in [1.807, 2.05) is 12.1 Å². The highest BCUT2D eigenvalue weighted by Gasteiger charge is 2.38. The van der Waals surface area contributed by atoms with E-state index < -0.39 is 0 Å². The summed E-state index contributed by atoms with van der Waals surface area (Å²) in [5.41, 5.74) is 14.9. The van der Waals surface area contributed by atoms with E-state index in [4.69, 9.17) is 4.42 Å². The molecule has 0 saturated carbocycles. The summed E-state index contributed by atoms with van der Waals surface area (Å²) in [6, 6.07) is 44.9. The maximum Gasteiger partial charge on any atom is 0.135 e. The largest absolute Gasteiger partial charge is 0.456 e. The highest BCUT2D eigenvalue weighted by Crippen LogP contribution is 2.51. The van der Waals surface area contributed by atoms with Crippen LogP contribution in [-0.2, 0) is 6.42 Å². The second kappa shape index (κ2) is 8.89. The van der Waals surface area contributed by atoms with Crippen LogP contribution in [0.5, 0.6) is 0 Å². The smallest absolute Gasteiger partial charge is 0.135 e. The predicted octanol–water partition coefficient (Wildman–Crippen LogP) is 11.0. The van der Waals surface area contributed by atoms with Crippen molar-refractivity contribution in [2.45, 2.75) is 18.4 Å². The molecule has 1 aliphatic heterocycles. The summed E-state index contributed by atoms with van der Waals surface area (Å²) in [7, 11) is 0. The summed E-state index contributed by atoms with van der Waals surface area (Å²) < 4.78 is 8.63. The molecular weight excluding hydrogens is 560 g/mol. The molecule has 2 atom stereocenters. The first kappa shape index (κ1) is 24.5. The normalized spacial score (nSPS) is 17.7. The molecule has 2 aliphatic carbocycles. The molecule has 3 aliphatic rings. The zero-order valence-corrected chi connectivity index (χ0v) is 25.0. The van der Waals surface area contributed by atoms with Crippen LogP contribution in [0.2, 0.25) is 0 Å². The van der Waals surface area contributed by atoms with Gasteiger partial charge in [-0.1, -0.05) is 91.0 Å². The SMILES string of the molecule is C1=CC2c3cc4c(cc3N(c3ccc5c(c3)-c3ccccc3C5)C2C=C1)c1ccccc1n4-c1ccc2oc3ccccc3c2c1. The van der Waals surface area contributed by atoms with Gasteiger partial charge in [0.1, 0.15) is 11.2 Å². The van der Waals surface area contributed by atoms with Gasteiger partial charge in [0.2, 0.25) is 0 Å². The number of para-hydroxylation sites is 2. The maximum atomic E-state index is 6.19. The lowest BCUT2D eigenvalue weighted by molar-refractivity contribution is 0.669. The average Bonchev–Trinajstić information content (AvgIpc) is 3.84. The monoisotopic (exact) mass is 588 g/mol. The van der Waals surface area contributed by atoms with Gasteiger partial charge in [-0.05, 0) is 88.8 Å². The Hall–Kier alpha value is -5.80. The van der Waals surface area contributed by atoms with Crippen LogP contribution < -0.4 is 4.90 Å². The molecule has 46 heavy (non-hydrogen) atoms. The minimum atomic E-state index is 0.231. The van der Waals surface area contributed by atoms with Crippen molar-refractivity contribution in [1.29, 1.82) is 0 Å². The third kappa shape index (κ3) is 3.22. The predicted molar refractivity (Wildman–Crippen MR) is 190 cm³/mol. The van der Waals surface area contributed by atoms with Gasteiger partial charge in [-0.25, -0.2) is 0 Å². The summed E-state index contributed by atoms with van der Waals surface area (Å²) in [5, 5.41) is 4.83. The maximum absolute atomic E-state index is 6.19. The zero-order chi connectivity index (χ0) is 29.9. The van der Waals surface area contributed by atoms with E-state index in [2.05, 4.69) is 143 Å². The van der Waals surface area contributed by atoms with Crippen molar-refractivity contribution in [2.75, 3.05) is 4.90 Å². The van der Waals surface area contributed by atoms with Crippen molar-refractivity contribution in [3.8, 4) is 16.8 Å². The third-order valence-electron chi connectivity index (χ3n) is 10.5. The molecule has 0 fully saturated rings. The van der Waals surface area contributed by atoms with Gasteiger partial charge in [-0.15, -0.1) is 0 Å². The van der Waals surface area contributed by atoms with Gasteiger partial charge in [0.25, 0.3) is 0 Å². The highest BCUT2D eigenvalue weighted by atomic mass is 16.3. The van der Waals surface area contributed by atoms with Crippen molar-refractivity contribution >= 4 is 55.1 Å². The minimum absolute atomic E-state index is 0.231. The van der Waals surface area contributed by atoms with Gasteiger partial charge in [-0.3, -0.25) is 0 Å². The fourth-order valence-electron chi connectivity index (χ4n) is 8.49. The van der Waals surface area contributed by atoms with Crippen LogP contribution >= 0.6 is 0 Å². The number of aromatic nitrogens is 1. The van der Waals surface area contributed by atoms with Crippen molar-refractivity contribution in [3.63, 3.8) is 0 Å². The second-order valence-electron chi connectivity index (χ2n) is 12.9. The molecule has 0 saturated heterocycles. The minimum Gasteiger partial charge on any atom is -0.456 e. The van der Waals surface area contributed by atoms with Crippen LogP contribution in [0, 0.1) is 0 Å². The van der Waals surface area contributed by atoms with E-state index in [0.29, 0.717) is 0 Å². The Morgan fingerprint density at radius 2 is 1.33 bits per heavy atom. The Bertz CT molecular complexity index is 2650. The van der Waals surface area contributed by atoms with Gasteiger partial charge in [0, 0.05) is 44.5 Å². The summed E-state index contributed by atoms with van der Waals surface area (Å²) in [4.78, 5) is 2.58. The van der Waals surface area contributed by atoms with Gasteiger partial charge < -0.3 is 13.9 Å². The van der Waals surface area contributed by atoms with Crippen LogP contribution in [0.1, 0.15) is 22.6 Å². The van der Waals surface area contributed by atoms with E-state index in [0.717, 1.165) is 34.0 Å². The quantitative estimate of drug-likeness (QED) is 0.200.